The van der Waals surface area contributed by atoms with Gasteiger partial charge in [-0.15, -0.1) is 0 Å². The number of carbonyl (C=O) groups excluding carboxylic acids is 1. The maximum absolute atomic E-state index is 10.4. The second-order valence-electron chi connectivity index (χ2n) is 4.92. The Kier molecular flexibility index (Phi) is 5.68. The van der Waals surface area contributed by atoms with E-state index < -0.39 is 0 Å². The molecule has 0 aliphatic rings. The minimum atomic E-state index is 0.611. The van der Waals surface area contributed by atoms with Crippen LogP contribution in [0.2, 0.25) is 0 Å². The first-order chi connectivity index (χ1) is 8.13. The van der Waals surface area contributed by atoms with Gasteiger partial charge in [0, 0.05) is 6.42 Å². The second-order valence-corrected chi connectivity index (χ2v) is 4.92. The van der Waals surface area contributed by atoms with E-state index in [1.54, 1.807) is 0 Å². The molecule has 0 radical (unpaired) electrons. The first-order valence-corrected chi connectivity index (χ1v) is 6.33. The molecule has 0 fully saturated rings. The zero-order chi connectivity index (χ0) is 12.7. The number of carbonyl (C=O) groups is 1. The van der Waals surface area contributed by atoms with Crippen molar-refractivity contribution in [3.05, 3.63) is 41.0 Å². The summed E-state index contributed by atoms with van der Waals surface area (Å²) in [6, 6.07) is 6.46. The molecule has 0 bridgehead atoms. The second kappa shape index (κ2) is 7.05. The monoisotopic (exact) mass is 230 g/mol. The van der Waals surface area contributed by atoms with E-state index >= 15 is 0 Å². The fraction of sp³-hybridized carbons (Fsp3) is 0.438. The number of aldehydes is 1. The molecule has 0 heterocycles. The molecule has 1 rings (SSSR count). The van der Waals surface area contributed by atoms with Crippen LogP contribution in [0.3, 0.4) is 0 Å². The first-order valence-electron chi connectivity index (χ1n) is 6.33. The summed E-state index contributed by atoms with van der Waals surface area (Å²) in [5.74, 6) is 0.700. The molecule has 92 valence electrons. The molecule has 0 aliphatic carbocycles. The quantitative estimate of drug-likeness (QED) is 0.670. The normalized spacial score (nSPS) is 11.3. The van der Waals surface area contributed by atoms with Gasteiger partial charge in [-0.25, -0.2) is 0 Å². The van der Waals surface area contributed by atoms with Gasteiger partial charge < -0.3 is 4.79 Å². The van der Waals surface area contributed by atoms with Gasteiger partial charge >= 0.3 is 0 Å². The van der Waals surface area contributed by atoms with E-state index in [0.29, 0.717) is 12.3 Å². The smallest absolute Gasteiger partial charge is 0.120 e. The number of hydrogen-bond donors (Lipinski definition) is 0. The fourth-order valence-corrected chi connectivity index (χ4v) is 1.76. The molecule has 0 saturated heterocycles. The maximum Gasteiger partial charge on any atom is 0.120 e. The predicted molar refractivity (Wildman–Crippen MR) is 74.1 cm³/mol. The van der Waals surface area contributed by atoms with Crippen molar-refractivity contribution < 1.29 is 4.79 Å². The molecule has 0 saturated carbocycles. The molecule has 1 nitrogen and oxygen atoms in total. The lowest BCUT2D eigenvalue weighted by Crippen LogP contribution is -1.91. The minimum Gasteiger partial charge on any atom is -0.303 e. The molecule has 0 N–H and O–H groups in total. The van der Waals surface area contributed by atoms with Crippen molar-refractivity contribution in [2.75, 3.05) is 0 Å². The van der Waals surface area contributed by atoms with Gasteiger partial charge in [0.05, 0.1) is 0 Å². The summed E-state index contributed by atoms with van der Waals surface area (Å²) in [6.45, 7) is 6.53. The summed E-state index contributed by atoms with van der Waals surface area (Å²) in [7, 11) is 0. The van der Waals surface area contributed by atoms with E-state index in [4.69, 9.17) is 0 Å². The van der Waals surface area contributed by atoms with Crippen LogP contribution in [0.25, 0.3) is 6.08 Å². The van der Waals surface area contributed by atoms with Gasteiger partial charge in [-0.3, -0.25) is 0 Å². The van der Waals surface area contributed by atoms with Crippen LogP contribution in [0.5, 0.6) is 0 Å². The minimum absolute atomic E-state index is 0.611. The number of benzene rings is 1. The molecule has 17 heavy (non-hydrogen) atoms. The molecule has 1 aromatic carbocycles. The van der Waals surface area contributed by atoms with Gasteiger partial charge in [-0.05, 0) is 42.4 Å². The third-order valence-electron chi connectivity index (χ3n) is 2.82. The van der Waals surface area contributed by atoms with Crippen LogP contribution in [-0.2, 0) is 11.2 Å². The Labute approximate surface area is 105 Å². The molecule has 0 atom stereocenters. The zero-order valence-corrected chi connectivity index (χ0v) is 11.1. The zero-order valence-electron chi connectivity index (χ0n) is 11.1. The van der Waals surface area contributed by atoms with Crippen molar-refractivity contribution in [3.8, 4) is 0 Å². The van der Waals surface area contributed by atoms with Crippen LogP contribution in [0.15, 0.2) is 24.3 Å². The van der Waals surface area contributed by atoms with Crippen molar-refractivity contribution >= 4 is 12.4 Å². The van der Waals surface area contributed by atoms with Crippen LogP contribution in [0.4, 0.5) is 0 Å². The lowest BCUT2D eigenvalue weighted by atomic mass is 10.0. The molecule has 1 heteroatoms. The Hall–Kier alpha value is -1.37. The van der Waals surface area contributed by atoms with Gasteiger partial charge in [-0.2, -0.15) is 0 Å². The number of allylic oxidation sites excluding steroid dienone is 1. The Morgan fingerprint density at radius 3 is 2.71 bits per heavy atom. The van der Waals surface area contributed by atoms with Crippen molar-refractivity contribution in [3.63, 3.8) is 0 Å². The SMILES string of the molecule is Cc1ccc(/C=C/CC(C)C)cc1CCC=O. The highest BCUT2D eigenvalue weighted by atomic mass is 16.1. The van der Waals surface area contributed by atoms with Crippen LogP contribution >= 0.6 is 0 Å². The molecular weight excluding hydrogens is 208 g/mol. The van der Waals surface area contributed by atoms with Crippen LogP contribution in [0.1, 0.15) is 43.4 Å². The predicted octanol–water partition coefficient (Wildman–Crippen LogP) is 4.19. The highest BCUT2D eigenvalue weighted by Gasteiger charge is 1.99. The van der Waals surface area contributed by atoms with E-state index in [1.165, 1.54) is 16.7 Å². The van der Waals surface area contributed by atoms with Gasteiger partial charge in [0.25, 0.3) is 0 Å². The molecule has 1 aromatic rings. The van der Waals surface area contributed by atoms with Gasteiger partial charge in [0.1, 0.15) is 6.29 Å². The summed E-state index contributed by atoms with van der Waals surface area (Å²) < 4.78 is 0. The van der Waals surface area contributed by atoms with E-state index in [2.05, 4.69) is 51.1 Å². The molecule has 0 aromatic heterocycles. The van der Waals surface area contributed by atoms with Crippen molar-refractivity contribution in [2.24, 2.45) is 5.92 Å². The third-order valence-corrected chi connectivity index (χ3v) is 2.82. The van der Waals surface area contributed by atoms with Gasteiger partial charge in [0.15, 0.2) is 0 Å². The number of aryl methyl sites for hydroxylation is 2. The van der Waals surface area contributed by atoms with Gasteiger partial charge in [-0.1, -0.05) is 44.2 Å². The average molecular weight is 230 g/mol. The lowest BCUT2D eigenvalue weighted by Gasteiger charge is -2.05. The highest BCUT2D eigenvalue weighted by molar-refractivity contribution is 5.54. The molecule has 0 aliphatic heterocycles. The van der Waals surface area contributed by atoms with Crippen molar-refractivity contribution in [1.82, 2.24) is 0 Å². The Balaban J connectivity index is 2.73. The van der Waals surface area contributed by atoms with Crippen LogP contribution in [-0.4, -0.2) is 6.29 Å². The molecular formula is C16H22O. The summed E-state index contributed by atoms with van der Waals surface area (Å²) in [6.07, 6.45) is 7.95. The van der Waals surface area contributed by atoms with Crippen molar-refractivity contribution in [1.29, 1.82) is 0 Å². The van der Waals surface area contributed by atoms with Crippen LogP contribution in [0, 0.1) is 12.8 Å². The Bertz CT molecular complexity index is 389. The largest absolute Gasteiger partial charge is 0.303 e. The average Bonchev–Trinajstić information content (AvgIpc) is 2.29. The topological polar surface area (TPSA) is 17.1 Å². The summed E-state index contributed by atoms with van der Waals surface area (Å²) >= 11 is 0. The number of hydrogen-bond acceptors (Lipinski definition) is 1. The standard InChI is InChI=1S/C16H22O/c1-13(2)6-4-7-15-10-9-14(3)16(12-15)8-5-11-17/h4,7,9-13H,5-6,8H2,1-3H3/b7-4+. The first kappa shape index (κ1) is 13.7. The van der Waals surface area contributed by atoms with E-state index in [-0.39, 0.29) is 0 Å². The maximum atomic E-state index is 10.4. The summed E-state index contributed by atoms with van der Waals surface area (Å²) in [5.41, 5.74) is 3.79. The highest BCUT2D eigenvalue weighted by Crippen LogP contribution is 2.15. The van der Waals surface area contributed by atoms with Crippen LogP contribution < -0.4 is 0 Å². The van der Waals surface area contributed by atoms with E-state index in [1.807, 2.05) is 0 Å². The lowest BCUT2D eigenvalue weighted by molar-refractivity contribution is -0.107. The van der Waals surface area contributed by atoms with Gasteiger partial charge in [0.2, 0.25) is 0 Å². The van der Waals surface area contributed by atoms with E-state index in [0.717, 1.165) is 19.1 Å². The summed E-state index contributed by atoms with van der Waals surface area (Å²) in [4.78, 5) is 10.4. The molecule has 0 amide bonds. The molecule has 0 spiro atoms. The van der Waals surface area contributed by atoms with Crippen molar-refractivity contribution in [2.45, 2.75) is 40.0 Å². The Morgan fingerprint density at radius 1 is 1.29 bits per heavy atom. The summed E-state index contributed by atoms with van der Waals surface area (Å²) in [5, 5.41) is 0. The van der Waals surface area contributed by atoms with E-state index in [9.17, 15) is 4.79 Å². The number of rotatable bonds is 6. The third kappa shape index (κ3) is 4.99. The molecule has 0 unspecified atom stereocenters. The fourth-order valence-electron chi connectivity index (χ4n) is 1.76. The Morgan fingerprint density at radius 2 is 2.06 bits per heavy atom.